The summed E-state index contributed by atoms with van der Waals surface area (Å²) >= 11 is 5.70. The summed E-state index contributed by atoms with van der Waals surface area (Å²) in [6.07, 6.45) is -2.63. The molecule has 1 aromatic carbocycles. The molecule has 0 unspecified atom stereocenters. The molecule has 8 N–H and O–H groups in total. The van der Waals surface area contributed by atoms with Gasteiger partial charge in [-0.25, -0.2) is 4.79 Å². The van der Waals surface area contributed by atoms with Crippen molar-refractivity contribution in [1.82, 2.24) is 10.2 Å². The van der Waals surface area contributed by atoms with E-state index >= 15 is 0 Å². The number of alkyl halides is 4. The van der Waals surface area contributed by atoms with Gasteiger partial charge in [-0.15, -0.1) is 11.6 Å². The number of aliphatic imine (C=N–C) groups is 1. The maximum absolute atomic E-state index is 12.9. The summed E-state index contributed by atoms with van der Waals surface area (Å²) < 4.78 is 31.7. The first-order valence-corrected chi connectivity index (χ1v) is 12.2. The smallest absolute Gasteiger partial charge is 0.475 e. The summed E-state index contributed by atoms with van der Waals surface area (Å²) in [6, 6.07) is 7.34. The number of benzene rings is 1. The van der Waals surface area contributed by atoms with E-state index in [9.17, 15) is 27.6 Å². The Kier molecular flexibility index (Phi) is 13.5. The average molecular weight is 565 g/mol. The van der Waals surface area contributed by atoms with Gasteiger partial charge in [0.25, 0.3) is 0 Å². The summed E-state index contributed by atoms with van der Waals surface area (Å²) in [5.41, 5.74) is 17.7. The number of likely N-dealkylation sites (tertiary alicyclic amines) is 1. The maximum atomic E-state index is 12.9. The molecule has 0 radical (unpaired) electrons. The van der Waals surface area contributed by atoms with Crippen LogP contribution in [0.3, 0.4) is 0 Å². The van der Waals surface area contributed by atoms with Gasteiger partial charge in [0.15, 0.2) is 11.7 Å². The number of halogens is 4. The predicted molar refractivity (Wildman–Crippen MR) is 134 cm³/mol. The molecule has 11 nitrogen and oxygen atoms in total. The highest BCUT2D eigenvalue weighted by atomic mass is 35.5. The number of amides is 2. The Morgan fingerprint density at radius 1 is 1.18 bits per heavy atom. The number of hydrogen-bond acceptors (Lipinski definition) is 6. The van der Waals surface area contributed by atoms with E-state index in [2.05, 4.69) is 10.3 Å². The van der Waals surface area contributed by atoms with E-state index in [-0.39, 0.29) is 29.4 Å². The zero-order chi connectivity index (χ0) is 28.9. The minimum atomic E-state index is -5.08. The molecule has 3 atom stereocenters. The molecule has 0 spiro atoms. The third-order valence-corrected chi connectivity index (χ3v) is 5.74. The molecule has 1 fully saturated rings. The van der Waals surface area contributed by atoms with E-state index in [0.717, 1.165) is 5.56 Å². The molecule has 1 aromatic rings. The zero-order valence-electron chi connectivity index (χ0n) is 20.5. The third kappa shape index (κ3) is 11.3. The number of carbonyl (C=O) groups excluding carboxylic acids is 3. The quantitative estimate of drug-likeness (QED) is 0.111. The second kappa shape index (κ2) is 15.8. The van der Waals surface area contributed by atoms with Gasteiger partial charge in [0.1, 0.15) is 6.04 Å². The Morgan fingerprint density at radius 2 is 1.79 bits per heavy atom. The highest BCUT2D eigenvalue weighted by Crippen LogP contribution is 2.20. The first-order chi connectivity index (χ1) is 17.8. The van der Waals surface area contributed by atoms with Gasteiger partial charge in [-0.2, -0.15) is 13.2 Å². The number of aliphatic carboxylic acids is 1. The zero-order valence-corrected chi connectivity index (χ0v) is 21.3. The van der Waals surface area contributed by atoms with Crippen molar-refractivity contribution < 1.29 is 37.5 Å². The molecule has 15 heteroatoms. The number of guanidine groups is 1. The van der Waals surface area contributed by atoms with Crippen LogP contribution in [0.4, 0.5) is 13.2 Å². The summed E-state index contributed by atoms with van der Waals surface area (Å²) in [6.45, 7) is 0.796. The fraction of sp³-hybridized carbons (Fsp3) is 0.522. The Hall–Kier alpha value is -3.39. The second-order valence-electron chi connectivity index (χ2n) is 8.40. The molecule has 38 heavy (non-hydrogen) atoms. The van der Waals surface area contributed by atoms with Crippen LogP contribution in [0.5, 0.6) is 0 Å². The van der Waals surface area contributed by atoms with E-state index in [4.69, 9.17) is 38.7 Å². The van der Waals surface area contributed by atoms with Gasteiger partial charge in [0, 0.05) is 13.1 Å². The number of carboxylic acid groups (broad SMARTS) is 1. The van der Waals surface area contributed by atoms with Crippen molar-refractivity contribution >= 4 is 41.1 Å². The number of carboxylic acids is 1. The van der Waals surface area contributed by atoms with Crippen LogP contribution in [0, 0.1) is 0 Å². The molecule has 0 aromatic heterocycles. The van der Waals surface area contributed by atoms with Gasteiger partial charge < -0.3 is 32.5 Å². The summed E-state index contributed by atoms with van der Waals surface area (Å²) in [5, 5.41) is 9.88. The molecule has 2 rings (SSSR count). The summed E-state index contributed by atoms with van der Waals surface area (Å²) in [7, 11) is 0. The number of rotatable bonds is 11. The molecule has 0 aliphatic carbocycles. The lowest BCUT2D eigenvalue weighted by atomic mass is 10.0. The molecule has 1 aliphatic rings. The van der Waals surface area contributed by atoms with Crippen molar-refractivity contribution in [1.29, 1.82) is 0 Å². The molecule has 0 saturated carbocycles. The minimum absolute atomic E-state index is 0.0313. The van der Waals surface area contributed by atoms with E-state index < -0.39 is 30.3 Å². The van der Waals surface area contributed by atoms with Crippen LogP contribution in [0.1, 0.15) is 31.2 Å². The topological polar surface area (TPSA) is 194 Å². The number of carbonyl (C=O) groups is 4. The summed E-state index contributed by atoms with van der Waals surface area (Å²) in [4.78, 5) is 52.3. The molecule has 0 bridgehead atoms. The van der Waals surface area contributed by atoms with E-state index in [1.807, 2.05) is 30.3 Å². The van der Waals surface area contributed by atoms with E-state index in [1.165, 1.54) is 4.90 Å². The lowest BCUT2D eigenvalue weighted by Gasteiger charge is -2.28. The van der Waals surface area contributed by atoms with Crippen LogP contribution in [0.25, 0.3) is 0 Å². The van der Waals surface area contributed by atoms with Crippen LogP contribution >= 0.6 is 11.6 Å². The Balaban J connectivity index is 0.000000905. The maximum Gasteiger partial charge on any atom is 0.490 e. The first kappa shape index (κ1) is 32.6. The third-order valence-electron chi connectivity index (χ3n) is 5.48. The van der Waals surface area contributed by atoms with Crippen LogP contribution in [-0.2, 0) is 25.6 Å². The van der Waals surface area contributed by atoms with Crippen LogP contribution in [-0.4, -0.2) is 82.8 Å². The average Bonchev–Trinajstić information content (AvgIpc) is 3.35. The van der Waals surface area contributed by atoms with Gasteiger partial charge in [0.05, 0.1) is 18.0 Å². The van der Waals surface area contributed by atoms with Gasteiger partial charge in [-0.05, 0) is 37.7 Å². The molecule has 1 saturated heterocycles. The summed E-state index contributed by atoms with van der Waals surface area (Å²) in [5.74, 6) is -3.94. The van der Waals surface area contributed by atoms with Gasteiger partial charge >= 0.3 is 12.1 Å². The van der Waals surface area contributed by atoms with Crippen molar-refractivity contribution in [2.24, 2.45) is 22.2 Å². The van der Waals surface area contributed by atoms with Crippen molar-refractivity contribution in [3.05, 3.63) is 35.9 Å². The van der Waals surface area contributed by atoms with Gasteiger partial charge in [0.2, 0.25) is 11.8 Å². The predicted octanol–water partition coefficient (Wildman–Crippen LogP) is 0.527. The van der Waals surface area contributed by atoms with Crippen LogP contribution in [0.2, 0.25) is 0 Å². The van der Waals surface area contributed by atoms with Crippen molar-refractivity contribution in [2.45, 2.75) is 56.4 Å². The lowest BCUT2D eigenvalue weighted by Crippen LogP contribution is -2.54. The second-order valence-corrected chi connectivity index (χ2v) is 8.67. The molecule has 2 amide bonds. The standard InChI is InChI=1S/C21H31ClN6O3.C2HF3O2/c22-13-18(29)16(8-4-10-26-21(24)25)27-19(30)17-9-5-11-28(17)20(31)15(23)12-14-6-2-1-3-7-14;3-2(4,5)1(6)7/h1-3,6-7,15-17H,4-5,8-13,23H2,(H,27,30)(H4,24,25,26);(H,6,7)/t15-,16+,17+;/m1./s1. The van der Waals surface area contributed by atoms with Crippen LogP contribution < -0.4 is 22.5 Å². The first-order valence-electron chi connectivity index (χ1n) is 11.6. The molecule has 1 aliphatic heterocycles. The van der Waals surface area contributed by atoms with Crippen LogP contribution in [0.15, 0.2) is 35.3 Å². The SMILES string of the molecule is NC(N)=NCCC[C@H](NC(=O)[C@@H]1CCCN1C(=O)[C@H](N)Cc1ccccc1)C(=O)CCl.O=C(O)C(F)(F)F. The largest absolute Gasteiger partial charge is 0.490 e. The number of nitrogens with two attached hydrogens (primary N) is 3. The van der Waals surface area contributed by atoms with Gasteiger partial charge in [-0.3, -0.25) is 19.4 Å². The Bertz CT molecular complexity index is 976. The molecule has 1 heterocycles. The van der Waals surface area contributed by atoms with Crippen molar-refractivity contribution in [2.75, 3.05) is 19.0 Å². The highest BCUT2D eigenvalue weighted by molar-refractivity contribution is 6.28. The number of Topliss-reactive ketones (excluding diaryl/α,β-unsaturated/α-hetero) is 1. The monoisotopic (exact) mass is 564 g/mol. The number of hydrogen-bond donors (Lipinski definition) is 5. The molecular weight excluding hydrogens is 533 g/mol. The fourth-order valence-corrected chi connectivity index (χ4v) is 3.84. The number of ketones is 1. The van der Waals surface area contributed by atoms with E-state index in [0.29, 0.717) is 45.2 Å². The molecule has 212 valence electrons. The Morgan fingerprint density at radius 3 is 2.32 bits per heavy atom. The normalized spacial score (nSPS) is 16.4. The van der Waals surface area contributed by atoms with Crippen molar-refractivity contribution in [3.63, 3.8) is 0 Å². The fourth-order valence-electron chi connectivity index (χ4n) is 3.65. The number of nitrogens with zero attached hydrogens (tertiary/aromatic N) is 2. The lowest BCUT2D eigenvalue weighted by molar-refractivity contribution is -0.192. The minimum Gasteiger partial charge on any atom is -0.475 e. The number of nitrogens with one attached hydrogen (secondary N) is 1. The van der Waals surface area contributed by atoms with E-state index in [1.54, 1.807) is 0 Å². The molecular formula is C23H32ClF3N6O5. The highest BCUT2D eigenvalue weighted by Gasteiger charge is 2.38. The Labute approximate surface area is 222 Å². The van der Waals surface area contributed by atoms with Gasteiger partial charge in [-0.1, -0.05) is 30.3 Å². The van der Waals surface area contributed by atoms with Crippen molar-refractivity contribution in [3.8, 4) is 0 Å².